The van der Waals surface area contributed by atoms with E-state index in [0.717, 1.165) is 32.2 Å². The third kappa shape index (κ3) is 3.70. The zero-order valence-corrected chi connectivity index (χ0v) is 11.7. The van der Waals surface area contributed by atoms with Gasteiger partial charge in [-0.25, -0.2) is 0 Å². The SMILES string of the molecule is CCCC1(C(=O)NCCC(=O)N(C)C)CCCN1. The van der Waals surface area contributed by atoms with E-state index in [1.54, 1.807) is 19.0 Å². The second kappa shape index (κ2) is 6.73. The molecule has 1 unspecified atom stereocenters. The Morgan fingerprint density at radius 3 is 2.61 bits per heavy atom. The summed E-state index contributed by atoms with van der Waals surface area (Å²) in [6.45, 7) is 3.41. The maximum absolute atomic E-state index is 12.2. The quantitative estimate of drug-likeness (QED) is 0.726. The average molecular weight is 255 g/mol. The molecule has 5 heteroatoms. The molecule has 0 saturated carbocycles. The van der Waals surface area contributed by atoms with Crippen LogP contribution in [0, 0.1) is 0 Å². The first kappa shape index (κ1) is 15.0. The van der Waals surface area contributed by atoms with Gasteiger partial charge in [-0.3, -0.25) is 9.59 Å². The highest BCUT2D eigenvalue weighted by Crippen LogP contribution is 2.24. The van der Waals surface area contributed by atoms with Crippen LogP contribution >= 0.6 is 0 Å². The molecule has 1 aliphatic heterocycles. The third-order valence-electron chi connectivity index (χ3n) is 3.48. The number of rotatable bonds is 6. The first-order valence-corrected chi connectivity index (χ1v) is 6.75. The maximum atomic E-state index is 12.2. The number of hydrogen-bond donors (Lipinski definition) is 2. The summed E-state index contributed by atoms with van der Waals surface area (Å²) in [6.07, 6.45) is 4.15. The van der Waals surface area contributed by atoms with Crippen molar-refractivity contribution in [3.63, 3.8) is 0 Å². The minimum atomic E-state index is -0.393. The summed E-state index contributed by atoms with van der Waals surface area (Å²) in [4.78, 5) is 25.2. The fourth-order valence-corrected chi connectivity index (χ4v) is 2.43. The van der Waals surface area contributed by atoms with Gasteiger partial charge in [0.15, 0.2) is 0 Å². The van der Waals surface area contributed by atoms with E-state index in [1.807, 2.05) is 0 Å². The fraction of sp³-hybridized carbons (Fsp3) is 0.846. The lowest BCUT2D eigenvalue weighted by molar-refractivity contribution is -0.129. The van der Waals surface area contributed by atoms with Crippen LogP contribution in [0.5, 0.6) is 0 Å². The Morgan fingerprint density at radius 2 is 2.11 bits per heavy atom. The van der Waals surface area contributed by atoms with Crippen LogP contribution < -0.4 is 10.6 Å². The molecule has 2 amide bonds. The van der Waals surface area contributed by atoms with Crippen molar-refractivity contribution < 1.29 is 9.59 Å². The van der Waals surface area contributed by atoms with Crippen LogP contribution in [0.25, 0.3) is 0 Å². The smallest absolute Gasteiger partial charge is 0.240 e. The van der Waals surface area contributed by atoms with Gasteiger partial charge in [0.05, 0.1) is 5.54 Å². The van der Waals surface area contributed by atoms with E-state index in [4.69, 9.17) is 0 Å². The molecule has 0 aromatic carbocycles. The molecule has 104 valence electrons. The summed E-state index contributed by atoms with van der Waals surface area (Å²) in [6, 6.07) is 0. The molecule has 0 spiro atoms. The van der Waals surface area contributed by atoms with Crippen molar-refractivity contribution in [2.45, 2.75) is 44.6 Å². The van der Waals surface area contributed by atoms with Gasteiger partial charge in [0.25, 0.3) is 0 Å². The molecule has 1 heterocycles. The Morgan fingerprint density at radius 1 is 1.39 bits per heavy atom. The Hall–Kier alpha value is -1.10. The Bertz CT molecular complexity index is 297. The summed E-state index contributed by atoms with van der Waals surface area (Å²) in [7, 11) is 3.45. The zero-order chi connectivity index (χ0) is 13.6. The predicted molar refractivity (Wildman–Crippen MR) is 71.2 cm³/mol. The number of nitrogens with zero attached hydrogens (tertiary/aromatic N) is 1. The number of amides is 2. The largest absolute Gasteiger partial charge is 0.354 e. The molecule has 5 nitrogen and oxygen atoms in total. The lowest BCUT2D eigenvalue weighted by Crippen LogP contribution is -2.53. The van der Waals surface area contributed by atoms with Crippen molar-refractivity contribution >= 4 is 11.8 Å². The van der Waals surface area contributed by atoms with E-state index in [0.29, 0.717) is 13.0 Å². The lowest BCUT2D eigenvalue weighted by Gasteiger charge is -2.27. The Balaban J connectivity index is 2.41. The van der Waals surface area contributed by atoms with Crippen molar-refractivity contribution in [3.8, 4) is 0 Å². The molecule has 1 saturated heterocycles. The van der Waals surface area contributed by atoms with Gasteiger partial charge >= 0.3 is 0 Å². The molecule has 0 radical (unpaired) electrons. The molecular weight excluding hydrogens is 230 g/mol. The second-order valence-corrected chi connectivity index (χ2v) is 5.16. The van der Waals surface area contributed by atoms with Crippen LogP contribution in [-0.2, 0) is 9.59 Å². The Kier molecular flexibility index (Phi) is 5.59. The van der Waals surface area contributed by atoms with Crippen molar-refractivity contribution in [1.82, 2.24) is 15.5 Å². The van der Waals surface area contributed by atoms with Crippen molar-refractivity contribution in [2.24, 2.45) is 0 Å². The zero-order valence-electron chi connectivity index (χ0n) is 11.7. The molecule has 1 atom stereocenters. The summed E-state index contributed by atoms with van der Waals surface area (Å²) in [5, 5.41) is 6.21. The lowest BCUT2D eigenvalue weighted by atomic mass is 9.91. The van der Waals surface area contributed by atoms with Gasteiger partial charge in [0.1, 0.15) is 0 Å². The Labute approximate surface area is 109 Å². The molecule has 0 aliphatic carbocycles. The molecule has 1 aliphatic rings. The molecule has 1 fully saturated rings. The second-order valence-electron chi connectivity index (χ2n) is 5.16. The van der Waals surface area contributed by atoms with Gasteiger partial charge in [-0.05, 0) is 25.8 Å². The minimum Gasteiger partial charge on any atom is -0.354 e. The first-order valence-electron chi connectivity index (χ1n) is 6.75. The van der Waals surface area contributed by atoms with Crippen molar-refractivity contribution in [3.05, 3.63) is 0 Å². The monoisotopic (exact) mass is 255 g/mol. The number of nitrogens with one attached hydrogen (secondary N) is 2. The van der Waals surface area contributed by atoms with Gasteiger partial charge in [-0.1, -0.05) is 13.3 Å². The third-order valence-corrected chi connectivity index (χ3v) is 3.48. The van der Waals surface area contributed by atoms with Gasteiger partial charge < -0.3 is 15.5 Å². The summed E-state index contributed by atoms with van der Waals surface area (Å²) >= 11 is 0. The highest BCUT2D eigenvalue weighted by Gasteiger charge is 2.39. The van der Waals surface area contributed by atoms with Crippen LogP contribution in [0.2, 0.25) is 0 Å². The van der Waals surface area contributed by atoms with E-state index >= 15 is 0 Å². The molecule has 2 N–H and O–H groups in total. The van der Waals surface area contributed by atoms with Crippen LogP contribution in [-0.4, -0.2) is 49.4 Å². The molecule has 0 aromatic heterocycles. The standard InChI is InChI=1S/C13H25N3O2/c1-4-7-13(8-5-9-15-13)12(18)14-10-6-11(17)16(2)3/h15H,4-10H2,1-3H3,(H,14,18). The van der Waals surface area contributed by atoms with E-state index in [2.05, 4.69) is 17.6 Å². The van der Waals surface area contributed by atoms with E-state index < -0.39 is 5.54 Å². The van der Waals surface area contributed by atoms with Gasteiger partial charge in [-0.2, -0.15) is 0 Å². The van der Waals surface area contributed by atoms with Crippen molar-refractivity contribution in [1.29, 1.82) is 0 Å². The fourth-order valence-electron chi connectivity index (χ4n) is 2.43. The van der Waals surface area contributed by atoms with Gasteiger partial charge in [0.2, 0.25) is 11.8 Å². The van der Waals surface area contributed by atoms with Crippen LogP contribution in [0.15, 0.2) is 0 Å². The normalized spacial score (nSPS) is 22.8. The van der Waals surface area contributed by atoms with Gasteiger partial charge in [0, 0.05) is 27.1 Å². The van der Waals surface area contributed by atoms with Crippen LogP contribution in [0.4, 0.5) is 0 Å². The van der Waals surface area contributed by atoms with E-state index in [9.17, 15) is 9.59 Å². The van der Waals surface area contributed by atoms with Crippen molar-refractivity contribution in [2.75, 3.05) is 27.2 Å². The highest BCUT2D eigenvalue weighted by atomic mass is 16.2. The van der Waals surface area contributed by atoms with Crippen LogP contribution in [0.3, 0.4) is 0 Å². The summed E-state index contributed by atoms with van der Waals surface area (Å²) < 4.78 is 0. The number of carbonyl (C=O) groups excluding carboxylic acids is 2. The summed E-state index contributed by atoms with van der Waals surface area (Å²) in [5.74, 6) is 0.0904. The maximum Gasteiger partial charge on any atom is 0.240 e. The molecule has 1 rings (SSSR count). The first-order chi connectivity index (χ1) is 8.52. The predicted octanol–water partition coefficient (Wildman–Crippen LogP) is 0.503. The molecule has 0 aromatic rings. The average Bonchev–Trinajstić information content (AvgIpc) is 2.79. The summed E-state index contributed by atoms with van der Waals surface area (Å²) in [5.41, 5.74) is -0.393. The molecule has 18 heavy (non-hydrogen) atoms. The number of carbonyl (C=O) groups is 2. The molecular formula is C13H25N3O2. The molecule has 0 bridgehead atoms. The topological polar surface area (TPSA) is 61.4 Å². The minimum absolute atomic E-state index is 0.0409. The number of hydrogen-bond acceptors (Lipinski definition) is 3. The van der Waals surface area contributed by atoms with Crippen LogP contribution in [0.1, 0.15) is 39.0 Å². The van der Waals surface area contributed by atoms with Gasteiger partial charge in [-0.15, -0.1) is 0 Å². The van der Waals surface area contributed by atoms with E-state index in [-0.39, 0.29) is 11.8 Å². The highest BCUT2D eigenvalue weighted by molar-refractivity contribution is 5.87. The van der Waals surface area contributed by atoms with E-state index in [1.165, 1.54) is 0 Å².